The van der Waals surface area contributed by atoms with Crippen molar-refractivity contribution in [2.75, 3.05) is 5.32 Å². The van der Waals surface area contributed by atoms with Crippen molar-refractivity contribution >= 4 is 46.1 Å². The van der Waals surface area contributed by atoms with Crippen LogP contribution in [0.4, 0.5) is 10.2 Å². The average molecular weight is 523 g/mol. The van der Waals surface area contributed by atoms with E-state index in [0.29, 0.717) is 51.4 Å². The fraction of sp³-hybridized carbons (Fsp3) is 0.231. The summed E-state index contributed by atoms with van der Waals surface area (Å²) in [7, 11) is 0. The Hall–Kier alpha value is -3.68. The first-order valence-electron chi connectivity index (χ1n) is 11.3. The first kappa shape index (κ1) is 25.4. The molecule has 4 rings (SSSR count). The molecule has 36 heavy (non-hydrogen) atoms. The van der Waals surface area contributed by atoms with E-state index in [4.69, 9.17) is 16.6 Å². The molecule has 2 aromatic heterocycles. The minimum atomic E-state index is -0.402. The predicted molar refractivity (Wildman–Crippen MR) is 142 cm³/mol. The third-order valence-electron chi connectivity index (χ3n) is 5.74. The molecule has 1 aliphatic heterocycles. The van der Waals surface area contributed by atoms with E-state index >= 15 is 0 Å². The van der Waals surface area contributed by atoms with Gasteiger partial charge < -0.3 is 9.73 Å². The van der Waals surface area contributed by atoms with Crippen molar-refractivity contribution in [1.29, 1.82) is 5.26 Å². The molecule has 3 aromatic rings. The maximum absolute atomic E-state index is 13.4. The van der Waals surface area contributed by atoms with Crippen LogP contribution >= 0.6 is 24.0 Å². The van der Waals surface area contributed by atoms with Crippen molar-refractivity contribution in [3.05, 3.63) is 91.8 Å². The van der Waals surface area contributed by atoms with Gasteiger partial charge in [0.15, 0.2) is 0 Å². The largest absolute Gasteiger partial charge is 0.467 e. The number of nitriles is 1. The fourth-order valence-corrected chi connectivity index (χ4v) is 5.14. The number of halogens is 1. The Morgan fingerprint density at radius 1 is 1.25 bits per heavy atom. The Labute approximate surface area is 217 Å². The molecule has 0 saturated carbocycles. The molecule has 184 valence electrons. The van der Waals surface area contributed by atoms with Crippen LogP contribution in [-0.4, -0.2) is 19.7 Å². The van der Waals surface area contributed by atoms with E-state index in [1.54, 1.807) is 37.3 Å². The third-order valence-corrected chi connectivity index (χ3v) is 7.12. The number of thiocarbonyl (C=S) groups is 1. The van der Waals surface area contributed by atoms with E-state index in [1.165, 1.54) is 27.9 Å². The van der Waals surface area contributed by atoms with Gasteiger partial charge in [-0.25, -0.2) is 4.39 Å². The molecule has 0 spiro atoms. The maximum atomic E-state index is 13.4. The van der Waals surface area contributed by atoms with Crippen LogP contribution in [0.2, 0.25) is 0 Å². The number of anilines is 1. The molecule has 1 fully saturated rings. The van der Waals surface area contributed by atoms with Crippen LogP contribution in [0.15, 0.2) is 56.8 Å². The zero-order chi connectivity index (χ0) is 25.8. The molecule has 0 atom stereocenters. The van der Waals surface area contributed by atoms with Crippen molar-refractivity contribution in [2.24, 2.45) is 0 Å². The molecule has 3 heterocycles. The zero-order valence-electron chi connectivity index (χ0n) is 19.7. The summed E-state index contributed by atoms with van der Waals surface area (Å²) in [6.45, 7) is 4.52. The summed E-state index contributed by atoms with van der Waals surface area (Å²) in [5.41, 5.74) is 1.45. The molecule has 1 aromatic carbocycles. The molecule has 0 aliphatic carbocycles. The van der Waals surface area contributed by atoms with E-state index in [9.17, 15) is 19.2 Å². The third kappa shape index (κ3) is 5.12. The average Bonchev–Trinajstić information content (AvgIpc) is 3.47. The van der Waals surface area contributed by atoms with Crippen LogP contribution in [0, 0.1) is 24.1 Å². The lowest BCUT2D eigenvalue weighted by Crippen LogP contribution is -2.28. The molecule has 0 radical (unpaired) electrons. The van der Waals surface area contributed by atoms with Gasteiger partial charge in [0.25, 0.3) is 11.5 Å². The molecule has 7 nitrogen and oxygen atoms in total. The van der Waals surface area contributed by atoms with E-state index < -0.39 is 5.56 Å². The van der Waals surface area contributed by atoms with Crippen LogP contribution in [0.25, 0.3) is 6.08 Å². The van der Waals surface area contributed by atoms with Gasteiger partial charge in [0.1, 0.15) is 33.3 Å². The van der Waals surface area contributed by atoms with Gasteiger partial charge in [-0.15, -0.1) is 0 Å². The molecular weight excluding hydrogens is 499 g/mol. The van der Waals surface area contributed by atoms with Crippen molar-refractivity contribution in [3.63, 3.8) is 0 Å². The lowest BCUT2D eigenvalue weighted by Gasteiger charge is -2.20. The number of nitrogens with one attached hydrogen (secondary N) is 1. The number of hydrogen-bond acceptors (Lipinski definition) is 7. The fourth-order valence-electron chi connectivity index (χ4n) is 3.90. The maximum Gasteiger partial charge on any atom is 0.270 e. The minimum Gasteiger partial charge on any atom is -0.467 e. The monoisotopic (exact) mass is 522 g/mol. The topological polar surface area (TPSA) is 91.3 Å². The number of pyridine rings is 1. The van der Waals surface area contributed by atoms with E-state index in [2.05, 4.69) is 5.32 Å². The van der Waals surface area contributed by atoms with Crippen LogP contribution < -0.4 is 10.9 Å². The number of nitrogens with zero attached hydrogens (tertiary/aromatic N) is 3. The van der Waals surface area contributed by atoms with Gasteiger partial charge >= 0.3 is 0 Å². The summed E-state index contributed by atoms with van der Waals surface area (Å²) < 4.78 is 20.6. The second kappa shape index (κ2) is 10.9. The van der Waals surface area contributed by atoms with Gasteiger partial charge in [-0.1, -0.05) is 43.0 Å². The number of benzene rings is 1. The summed E-state index contributed by atoms with van der Waals surface area (Å²) in [6, 6.07) is 11.6. The summed E-state index contributed by atoms with van der Waals surface area (Å²) in [6.07, 6.45) is 3.87. The molecule has 1 amide bonds. The number of furan rings is 1. The minimum absolute atomic E-state index is 0.0214. The standard InChI is InChI=1S/C26H23FN4O3S2/c1-3-10-30-23(29-14-17-6-8-18(27)9-7-17)20(16(2)21(13-28)24(30)32)12-22-25(33)31(26(35)36-22)15-19-5-4-11-34-19/h4-9,11-12,29H,3,10,14-15H2,1-2H3/b22-12+. The van der Waals surface area contributed by atoms with Gasteiger partial charge in [0.2, 0.25) is 0 Å². The molecule has 1 aliphatic rings. The van der Waals surface area contributed by atoms with Crippen LogP contribution in [0.1, 0.15) is 41.4 Å². The van der Waals surface area contributed by atoms with E-state index in [1.807, 2.05) is 13.0 Å². The van der Waals surface area contributed by atoms with Crippen LogP contribution in [0.5, 0.6) is 0 Å². The highest BCUT2D eigenvalue weighted by molar-refractivity contribution is 8.26. The smallest absolute Gasteiger partial charge is 0.270 e. The number of amides is 1. The summed E-state index contributed by atoms with van der Waals surface area (Å²) in [5, 5.41) is 13.0. The van der Waals surface area contributed by atoms with Gasteiger partial charge in [0, 0.05) is 18.7 Å². The van der Waals surface area contributed by atoms with Crippen molar-refractivity contribution in [1.82, 2.24) is 9.47 Å². The number of thioether (sulfide) groups is 1. The van der Waals surface area contributed by atoms with Crippen molar-refractivity contribution < 1.29 is 13.6 Å². The Morgan fingerprint density at radius 3 is 2.64 bits per heavy atom. The number of carbonyl (C=O) groups excluding carboxylic acids is 1. The highest BCUT2D eigenvalue weighted by atomic mass is 32.2. The zero-order valence-corrected chi connectivity index (χ0v) is 21.3. The van der Waals surface area contributed by atoms with Gasteiger partial charge in [-0.2, -0.15) is 5.26 Å². The normalized spacial score (nSPS) is 14.5. The number of rotatable bonds is 8. The first-order valence-corrected chi connectivity index (χ1v) is 12.5. The van der Waals surface area contributed by atoms with Gasteiger partial charge in [-0.3, -0.25) is 19.1 Å². The lowest BCUT2D eigenvalue weighted by atomic mass is 10.0. The molecule has 0 unspecified atom stereocenters. The van der Waals surface area contributed by atoms with Crippen LogP contribution in [-0.2, 0) is 24.4 Å². The highest BCUT2D eigenvalue weighted by Gasteiger charge is 2.33. The number of hydrogen-bond donors (Lipinski definition) is 1. The Morgan fingerprint density at radius 2 is 2.00 bits per heavy atom. The first-order chi connectivity index (χ1) is 17.3. The Kier molecular flexibility index (Phi) is 7.72. The summed E-state index contributed by atoms with van der Waals surface area (Å²) >= 11 is 6.60. The molecule has 0 bridgehead atoms. The molecular formula is C26H23FN4O3S2. The second-order valence-electron chi connectivity index (χ2n) is 8.16. The number of aromatic nitrogens is 1. The van der Waals surface area contributed by atoms with Crippen molar-refractivity contribution in [2.45, 2.75) is 39.9 Å². The van der Waals surface area contributed by atoms with Gasteiger partial charge in [0.05, 0.1) is 17.7 Å². The molecule has 1 saturated heterocycles. The quantitative estimate of drug-likeness (QED) is 0.322. The summed E-state index contributed by atoms with van der Waals surface area (Å²) in [5.74, 6) is 0.470. The lowest BCUT2D eigenvalue weighted by molar-refractivity contribution is -0.122. The van der Waals surface area contributed by atoms with Crippen molar-refractivity contribution in [3.8, 4) is 6.07 Å². The second-order valence-corrected chi connectivity index (χ2v) is 9.83. The molecule has 1 N–H and O–H groups in total. The summed E-state index contributed by atoms with van der Waals surface area (Å²) in [4.78, 5) is 28.2. The highest BCUT2D eigenvalue weighted by Crippen LogP contribution is 2.36. The number of carbonyl (C=O) groups is 1. The predicted octanol–water partition coefficient (Wildman–Crippen LogP) is 5.18. The van der Waals surface area contributed by atoms with E-state index in [-0.39, 0.29) is 23.8 Å². The SMILES string of the molecule is CCCn1c(NCc2ccc(F)cc2)c(/C=C2/SC(=S)N(Cc3ccco3)C2=O)c(C)c(C#N)c1=O. The van der Waals surface area contributed by atoms with Gasteiger partial charge in [-0.05, 0) is 54.8 Å². The Balaban J connectivity index is 1.78. The van der Waals surface area contributed by atoms with E-state index in [0.717, 1.165) is 17.3 Å². The van der Waals surface area contributed by atoms with Crippen LogP contribution in [0.3, 0.4) is 0 Å². The Bertz CT molecular complexity index is 1440. The molecule has 10 heteroatoms.